The van der Waals surface area contributed by atoms with Gasteiger partial charge < -0.3 is 18.8 Å². The highest BCUT2D eigenvalue weighted by Crippen LogP contribution is 2.49. The van der Waals surface area contributed by atoms with Crippen LogP contribution < -0.4 is 15.2 Å². The van der Waals surface area contributed by atoms with Crippen LogP contribution in [0.1, 0.15) is 49.2 Å². The minimum absolute atomic E-state index is 0.126. The van der Waals surface area contributed by atoms with Crippen LogP contribution in [0.25, 0.3) is 22.7 Å². The first-order chi connectivity index (χ1) is 21.4. The van der Waals surface area contributed by atoms with Crippen molar-refractivity contribution in [3.05, 3.63) is 75.3 Å². The zero-order valence-electron chi connectivity index (χ0n) is 23.9. The fraction of sp³-hybridized carbons (Fsp3) is 0.400. The summed E-state index contributed by atoms with van der Waals surface area (Å²) >= 11 is 6.05. The van der Waals surface area contributed by atoms with Gasteiger partial charge in [0, 0.05) is 25.3 Å². The average Bonchev–Trinajstić information content (AvgIpc) is 3.69. The monoisotopic (exact) mass is 616 g/mol. The smallest absolute Gasteiger partial charge is 0.439 e. The molecule has 5 aromatic rings. The van der Waals surface area contributed by atoms with E-state index in [-0.39, 0.29) is 11.9 Å². The van der Waals surface area contributed by atoms with Crippen molar-refractivity contribution in [2.75, 3.05) is 19.7 Å². The lowest BCUT2D eigenvalue weighted by Gasteiger charge is -2.33. The number of fused-ring (bicyclic) bond motifs is 2. The fourth-order valence-corrected chi connectivity index (χ4v) is 6.30. The first kappa shape index (κ1) is 27.2. The Labute approximate surface area is 256 Å². The van der Waals surface area contributed by atoms with Crippen LogP contribution in [0.2, 0.25) is 5.02 Å². The van der Waals surface area contributed by atoms with Crippen molar-refractivity contribution in [1.29, 1.82) is 0 Å². The van der Waals surface area contributed by atoms with Crippen LogP contribution in [0, 0.1) is 0 Å². The Kier molecular flexibility index (Phi) is 6.61. The molecule has 2 atom stereocenters. The topological polar surface area (TPSA) is 146 Å². The van der Waals surface area contributed by atoms with E-state index in [1.54, 1.807) is 18.3 Å². The van der Waals surface area contributed by atoms with E-state index in [2.05, 4.69) is 45.4 Å². The van der Waals surface area contributed by atoms with Gasteiger partial charge in [0.1, 0.15) is 22.7 Å². The average molecular weight is 617 g/mol. The minimum Gasteiger partial charge on any atom is -0.443 e. The second kappa shape index (κ2) is 10.7. The number of aromatic amines is 1. The molecule has 1 aromatic carbocycles. The van der Waals surface area contributed by atoms with Crippen molar-refractivity contribution in [3.8, 4) is 23.0 Å². The maximum atomic E-state index is 11.4. The number of ether oxygens (including phenoxy) is 3. The number of nitrogens with zero attached hydrogens (tertiary/aromatic N) is 7. The number of para-hydroxylation sites is 1. The molecule has 13 nitrogen and oxygen atoms in total. The number of rotatable bonds is 7. The Morgan fingerprint density at radius 1 is 1.11 bits per heavy atom. The minimum atomic E-state index is -1.02. The number of benzene rings is 1. The largest absolute Gasteiger partial charge is 0.443 e. The van der Waals surface area contributed by atoms with E-state index in [1.165, 1.54) is 0 Å². The van der Waals surface area contributed by atoms with Gasteiger partial charge in [-0.2, -0.15) is 0 Å². The number of nitrogens with one attached hydrogen (secondary N) is 1. The molecule has 0 bridgehead atoms. The van der Waals surface area contributed by atoms with Crippen molar-refractivity contribution in [1.82, 2.24) is 39.8 Å². The summed E-state index contributed by atoms with van der Waals surface area (Å²) in [5.41, 5.74) is 3.57. The third-order valence-electron chi connectivity index (χ3n) is 8.63. The summed E-state index contributed by atoms with van der Waals surface area (Å²) in [4.78, 5) is 25.8. The van der Waals surface area contributed by atoms with E-state index in [0.29, 0.717) is 46.6 Å². The van der Waals surface area contributed by atoms with Gasteiger partial charge in [-0.05, 0) is 62.5 Å². The van der Waals surface area contributed by atoms with E-state index >= 15 is 0 Å². The lowest BCUT2D eigenvalue weighted by Crippen LogP contribution is -2.35. The predicted molar refractivity (Wildman–Crippen MR) is 157 cm³/mol. The number of pyridine rings is 1. The fourth-order valence-electron chi connectivity index (χ4n) is 6.19. The van der Waals surface area contributed by atoms with Gasteiger partial charge in [0.05, 0.1) is 24.2 Å². The number of aromatic nitrogens is 7. The molecule has 0 radical (unpaired) electrons. The Morgan fingerprint density at radius 3 is 2.70 bits per heavy atom. The summed E-state index contributed by atoms with van der Waals surface area (Å²) < 4.78 is 25.2. The zero-order valence-corrected chi connectivity index (χ0v) is 24.7. The molecule has 4 aromatic heterocycles. The van der Waals surface area contributed by atoms with E-state index < -0.39 is 11.5 Å². The first-order valence-corrected chi connectivity index (χ1v) is 15.1. The van der Waals surface area contributed by atoms with Gasteiger partial charge in [-0.1, -0.05) is 28.9 Å². The Morgan fingerprint density at radius 2 is 1.98 bits per heavy atom. The number of likely N-dealkylation sites (tertiary alicyclic amines) is 1. The van der Waals surface area contributed by atoms with Crippen LogP contribution in [0.4, 0.5) is 0 Å². The molecule has 0 amide bonds. The molecule has 2 fully saturated rings. The Balaban J connectivity index is 0.999. The molecule has 1 N–H and O–H groups in total. The molecule has 44 heavy (non-hydrogen) atoms. The van der Waals surface area contributed by atoms with E-state index in [1.807, 2.05) is 25.1 Å². The summed E-state index contributed by atoms with van der Waals surface area (Å²) in [5, 5.41) is 13.0. The Bertz CT molecular complexity index is 1890. The van der Waals surface area contributed by atoms with Gasteiger partial charge in [-0.3, -0.25) is 19.4 Å². The third-order valence-corrected chi connectivity index (χ3v) is 8.85. The van der Waals surface area contributed by atoms with Crippen LogP contribution >= 0.6 is 11.6 Å². The molecule has 2 saturated heterocycles. The second-order valence-electron chi connectivity index (χ2n) is 11.5. The van der Waals surface area contributed by atoms with Crippen LogP contribution in [-0.2, 0) is 23.6 Å². The number of halogens is 1. The normalized spacial score (nSPS) is 22.0. The quantitative estimate of drug-likeness (QED) is 0.283. The van der Waals surface area contributed by atoms with Crippen molar-refractivity contribution in [2.45, 2.75) is 57.1 Å². The van der Waals surface area contributed by atoms with Crippen molar-refractivity contribution < 1.29 is 18.7 Å². The second-order valence-corrected chi connectivity index (χ2v) is 12.0. The van der Waals surface area contributed by atoms with Crippen LogP contribution in [0.15, 0.2) is 51.9 Å². The number of H-pyrrole nitrogens is 1. The molecule has 0 aliphatic carbocycles. The SMILES string of the molecule is CC1(c2ccc(Cl)cn2)Oc2cccc(C3CCN(Cc4nc5cc(-c6noc(=O)[nH]6)nnc5n4CC4CCO4)CC3)c2O1. The number of piperidine rings is 1. The van der Waals surface area contributed by atoms with Crippen LogP contribution in [0.5, 0.6) is 11.5 Å². The first-order valence-electron chi connectivity index (χ1n) is 14.7. The standard InChI is InChI=1S/C30H29ClN8O5/c1-30(24-6-5-18(31)14-32-24)42-23-4-2-3-20(26(23)43-30)17-7-10-38(11-8-17)16-25-33-22-13-21(27-34-29(40)44-37-27)35-36-28(22)39(25)15-19-9-12-41-19/h2-6,13-14,17,19H,7-12,15-16H2,1H3,(H,34,37,40). The molecular weight excluding hydrogens is 588 g/mol. The van der Waals surface area contributed by atoms with Gasteiger partial charge in [-0.15, -0.1) is 10.2 Å². The van der Waals surface area contributed by atoms with Crippen molar-refractivity contribution in [3.63, 3.8) is 0 Å². The molecule has 226 valence electrons. The molecule has 2 unspecified atom stereocenters. The highest BCUT2D eigenvalue weighted by Gasteiger charge is 2.42. The summed E-state index contributed by atoms with van der Waals surface area (Å²) in [6, 6.07) is 11.5. The maximum absolute atomic E-state index is 11.4. The molecule has 8 rings (SSSR count). The summed E-state index contributed by atoms with van der Waals surface area (Å²) in [6.07, 6.45) is 4.65. The van der Waals surface area contributed by atoms with Crippen molar-refractivity contribution in [2.24, 2.45) is 0 Å². The molecule has 7 heterocycles. The van der Waals surface area contributed by atoms with Gasteiger partial charge in [0.2, 0.25) is 5.82 Å². The van der Waals surface area contributed by atoms with Gasteiger partial charge in [0.15, 0.2) is 17.1 Å². The van der Waals surface area contributed by atoms with Gasteiger partial charge in [-0.25, -0.2) is 9.78 Å². The molecule has 0 spiro atoms. The molecule has 3 aliphatic rings. The maximum Gasteiger partial charge on any atom is 0.439 e. The van der Waals surface area contributed by atoms with Crippen molar-refractivity contribution >= 4 is 22.8 Å². The molecular formula is C30H29ClN8O5. The Hall–Kier alpha value is -4.33. The lowest BCUT2D eigenvalue weighted by atomic mass is 9.88. The number of imidazole rings is 1. The van der Waals surface area contributed by atoms with Gasteiger partial charge >= 0.3 is 5.76 Å². The highest BCUT2D eigenvalue weighted by atomic mass is 35.5. The number of hydrogen-bond acceptors (Lipinski definition) is 11. The van der Waals surface area contributed by atoms with E-state index in [4.69, 9.17) is 30.8 Å². The highest BCUT2D eigenvalue weighted by molar-refractivity contribution is 6.30. The summed E-state index contributed by atoms with van der Waals surface area (Å²) in [5.74, 6) is 1.30. The predicted octanol–water partition coefficient (Wildman–Crippen LogP) is 4.03. The summed E-state index contributed by atoms with van der Waals surface area (Å²) in [6.45, 7) is 5.76. The van der Waals surface area contributed by atoms with E-state index in [9.17, 15) is 4.79 Å². The third kappa shape index (κ3) is 4.90. The molecule has 14 heteroatoms. The van der Waals surface area contributed by atoms with Crippen LogP contribution in [0.3, 0.4) is 0 Å². The lowest BCUT2D eigenvalue weighted by molar-refractivity contribution is -0.0722. The molecule has 0 saturated carbocycles. The van der Waals surface area contributed by atoms with E-state index in [0.717, 1.165) is 61.8 Å². The summed E-state index contributed by atoms with van der Waals surface area (Å²) in [7, 11) is 0. The molecule has 3 aliphatic heterocycles. The number of hydrogen-bond donors (Lipinski definition) is 1. The zero-order chi connectivity index (χ0) is 29.8. The van der Waals surface area contributed by atoms with Gasteiger partial charge in [0.25, 0.3) is 5.79 Å². The van der Waals surface area contributed by atoms with Crippen LogP contribution in [-0.4, -0.2) is 65.6 Å².